The van der Waals surface area contributed by atoms with Crippen molar-refractivity contribution in [3.63, 3.8) is 0 Å². The third kappa shape index (κ3) is 4.47. The van der Waals surface area contributed by atoms with Crippen LogP contribution in [0, 0.1) is 13.8 Å². The highest BCUT2D eigenvalue weighted by Gasteiger charge is 2.16. The van der Waals surface area contributed by atoms with Gasteiger partial charge in [-0.25, -0.2) is 13.4 Å². The maximum atomic E-state index is 12.4. The van der Waals surface area contributed by atoms with Gasteiger partial charge in [0.15, 0.2) is 10.9 Å². The summed E-state index contributed by atoms with van der Waals surface area (Å²) >= 11 is 1.49. The van der Waals surface area contributed by atoms with Crippen molar-refractivity contribution < 1.29 is 12.9 Å². The van der Waals surface area contributed by atoms with E-state index < -0.39 is 10.0 Å². The van der Waals surface area contributed by atoms with Crippen molar-refractivity contribution in [3.05, 3.63) is 71.3 Å². The predicted octanol–water partition coefficient (Wildman–Crippen LogP) is 4.96. The molecular formula is C20H18N4O3S2. The Morgan fingerprint density at radius 1 is 1.00 bits per heavy atom. The van der Waals surface area contributed by atoms with E-state index in [0.717, 1.165) is 22.1 Å². The van der Waals surface area contributed by atoms with E-state index in [0.29, 0.717) is 5.76 Å². The zero-order chi connectivity index (χ0) is 20.4. The normalized spacial score (nSPS) is 11.4. The first-order chi connectivity index (χ1) is 13.9. The molecule has 0 atom stereocenters. The Bertz CT molecular complexity index is 1230. The molecule has 4 rings (SSSR count). The Kier molecular flexibility index (Phi) is 5.08. The zero-order valence-electron chi connectivity index (χ0n) is 15.7. The number of rotatable bonds is 6. The Morgan fingerprint density at radius 2 is 1.72 bits per heavy atom. The fourth-order valence-electron chi connectivity index (χ4n) is 2.64. The summed E-state index contributed by atoms with van der Waals surface area (Å²) in [6.07, 6.45) is 0. The maximum absolute atomic E-state index is 12.4. The van der Waals surface area contributed by atoms with Crippen molar-refractivity contribution in [2.75, 3.05) is 10.0 Å². The van der Waals surface area contributed by atoms with Crippen LogP contribution in [0.25, 0.3) is 11.3 Å². The van der Waals surface area contributed by atoms with Gasteiger partial charge in [-0.1, -0.05) is 35.0 Å². The minimum Gasteiger partial charge on any atom is -0.360 e. The van der Waals surface area contributed by atoms with Crippen molar-refractivity contribution in [3.8, 4) is 11.3 Å². The SMILES string of the molecule is Cc1ccc(-c2csc(Nc3ccc(S(=O)(=O)Nc4cc(C)on4)cc3)n2)cc1. The highest BCUT2D eigenvalue weighted by atomic mass is 32.2. The van der Waals surface area contributed by atoms with Gasteiger partial charge >= 0.3 is 0 Å². The van der Waals surface area contributed by atoms with Gasteiger partial charge in [0.25, 0.3) is 10.0 Å². The lowest BCUT2D eigenvalue weighted by Gasteiger charge is -2.07. The second-order valence-corrected chi connectivity index (χ2v) is 9.02. The number of anilines is 3. The van der Waals surface area contributed by atoms with Crippen LogP contribution in [0.4, 0.5) is 16.6 Å². The number of nitrogens with zero attached hydrogens (tertiary/aromatic N) is 2. The Hall–Kier alpha value is -3.17. The van der Waals surface area contributed by atoms with Crippen LogP contribution in [0.15, 0.2) is 69.4 Å². The van der Waals surface area contributed by atoms with Crippen LogP contribution >= 0.6 is 11.3 Å². The van der Waals surface area contributed by atoms with Gasteiger partial charge in [-0.2, -0.15) is 0 Å². The Morgan fingerprint density at radius 3 is 2.38 bits per heavy atom. The summed E-state index contributed by atoms with van der Waals surface area (Å²) in [5.74, 6) is 0.673. The molecule has 9 heteroatoms. The molecule has 0 aliphatic carbocycles. The van der Waals surface area contributed by atoms with E-state index in [2.05, 4.69) is 32.3 Å². The van der Waals surface area contributed by atoms with Crippen molar-refractivity contribution in [2.45, 2.75) is 18.7 Å². The third-order valence-electron chi connectivity index (χ3n) is 4.13. The van der Waals surface area contributed by atoms with Crippen LogP contribution in [0.5, 0.6) is 0 Å². The second kappa shape index (κ2) is 7.69. The number of hydrogen-bond donors (Lipinski definition) is 2. The molecule has 0 aliphatic heterocycles. The molecule has 7 nitrogen and oxygen atoms in total. The molecule has 29 heavy (non-hydrogen) atoms. The minimum absolute atomic E-state index is 0.128. The Balaban J connectivity index is 1.46. The molecule has 2 aromatic heterocycles. The monoisotopic (exact) mass is 426 g/mol. The number of thiazole rings is 1. The number of nitrogens with one attached hydrogen (secondary N) is 2. The van der Waals surface area contributed by atoms with Crippen LogP contribution in [0.2, 0.25) is 0 Å². The van der Waals surface area contributed by atoms with Crippen LogP contribution in [0.3, 0.4) is 0 Å². The molecule has 148 valence electrons. The van der Waals surface area contributed by atoms with Crippen molar-refractivity contribution >= 4 is 38.0 Å². The van der Waals surface area contributed by atoms with Crippen molar-refractivity contribution in [1.82, 2.24) is 10.1 Å². The molecule has 0 unspecified atom stereocenters. The molecule has 0 bridgehead atoms. The zero-order valence-corrected chi connectivity index (χ0v) is 17.3. The number of sulfonamides is 1. The molecule has 2 heterocycles. The summed E-state index contributed by atoms with van der Waals surface area (Å²) in [7, 11) is -3.74. The molecule has 0 saturated heterocycles. The van der Waals surface area contributed by atoms with Gasteiger partial charge in [0.2, 0.25) is 0 Å². The van der Waals surface area contributed by atoms with Gasteiger partial charge < -0.3 is 9.84 Å². The first-order valence-electron chi connectivity index (χ1n) is 8.75. The molecular weight excluding hydrogens is 408 g/mol. The minimum atomic E-state index is -3.74. The number of aromatic nitrogens is 2. The molecule has 0 radical (unpaired) electrons. The topological polar surface area (TPSA) is 97.1 Å². The van der Waals surface area contributed by atoms with Gasteiger partial charge in [0.1, 0.15) is 5.76 Å². The van der Waals surface area contributed by atoms with E-state index in [9.17, 15) is 8.42 Å². The molecule has 0 fully saturated rings. The smallest absolute Gasteiger partial charge is 0.263 e. The third-order valence-corrected chi connectivity index (χ3v) is 6.26. The van der Waals surface area contributed by atoms with E-state index in [1.165, 1.54) is 35.1 Å². The highest BCUT2D eigenvalue weighted by molar-refractivity contribution is 7.92. The molecule has 0 amide bonds. The largest absolute Gasteiger partial charge is 0.360 e. The van der Waals surface area contributed by atoms with E-state index >= 15 is 0 Å². The lowest BCUT2D eigenvalue weighted by atomic mass is 10.1. The summed E-state index contributed by atoms with van der Waals surface area (Å²) < 4.78 is 32.1. The average molecular weight is 427 g/mol. The van der Waals surface area contributed by atoms with Crippen LogP contribution in [-0.4, -0.2) is 18.6 Å². The number of benzene rings is 2. The summed E-state index contributed by atoms with van der Waals surface area (Å²) in [4.78, 5) is 4.72. The standard InChI is InChI=1S/C20H18N4O3S2/c1-13-3-5-15(6-4-13)18-12-28-20(22-18)21-16-7-9-17(10-8-16)29(25,26)24-19-11-14(2)27-23-19/h3-12H,1-2H3,(H,21,22)(H,23,24). The van der Waals surface area contributed by atoms with E-state index in [1.54, 1.807) is 19.1 Å². The van der Waals surface area contributed by atoms with E-state index in [4.69, 9.17) is 4.52 Å². The lowest BCUT2D eigenvalue weighted by Crippen LogP contribution is -2.13. The quantitative estimate of drug-likeness (QED) is 0.452. The van der Waals surface area contributed by atoms with Crippen LogP contribution in [0.1, 0.15) is 11.3 Å². The van der Waals surface area contributed by atoms with Gasteiger partial charge in [-0.3, -0.25) is 4.72 Å². The first-order valence-corrected chi connectivity index (χ1v) is 11.1. The van der Waals surface area contributed by atoms with Crippen LogP contribution in [-0.2, 0) is 10.0 Å². The summed E-state index contributed by atoms with van der Waals surface area (Å²) in [5, 5.41) is 9.56. The van der Waals surface area contributed by atoms with Crippen molar-refractivity contribution in [1.29, 1.82) is 0 Å². The molecule has 0 spiro atoms. The lowest BCUT2D eigenvalue weighted by molar-refractivity contribution is 0.400. The van der Waals surface area contributed by atoms with Crippen LogP contribution < -0.4 is 10.0 Å². The van der Waals surface area contributed by atoms with Gasteiger partial charge in [-0.05, 0) is 38.1 Å². The molecule has 2 aromatic carbocycles. The Labute approximate surface area is 172 Å². The number of hydrogen-bond acceptors (Lipinski definition) is 7. The molecule has 2 N–H and O–H groups in total. The maximum Gasteiger partial charge on any atom is 0.263 e. The summed E-state index contributed by atoms with van der Waals surface area (Å²) in [6, 6.07) is 16.1. The average Bonchev–Trinajstić information content (AvgIpc) is 3.31. The summed E-state index contributed by atoms with van der Waals surface area (Å²) in [5.41, 5.74) is 3.89. The highest BCUT2D eigenvalue weighted by Crippen LogP contribution is 2.28. The van der Waals surface area contributed by atoms with Gasteiger partial charge in [0, 0.05) is 22.7 Å². The second-order valence-electron chi connectivity index (χ2n) is 6.48. The van der Waals surface area contributed by atoms with Gasteiger partial charge in [0.05, 0.1) is 10.6 Å². The van der Waals surface area contributed by atoms with Crippen molar-refractivity contribution in [2.24, 2.45) is 0 Å². The summed E-state index contributed by atoms with van der Waals surface area (Å²) in [6.45, 7) is 3.73. The van der Waals surface area contributed by atoms with Gasteiger partial charge in [-0.15, -0.1) is 11.3 Å². The molecule has 4 aromatic rings. The van der Waals surface area contributed by atoms with E-state index in [-0.39, 0.29) is 10.7 Å². The fraction of sp³-hybridized carbons (Fsp3) is 0.100. The molecule has 0 saturated carbocycles. The first kappa shape index (κ1) is 19.2. The van der Waals surface area contributed by atoms with E-state index in [1.807, 2.05) is 24.4 Å². The predicted molar refractivity (Wildman–Crippen MR) is 114 cm³/mol. The molecule has 0 aliphatic rings. The number of aryl methyl sites for hydroxylation is 2. The fourth-order valence-corrected chi connectivity index (χ4v) is 4.36.